The molecule has 0 amide bonds. The average molecular weight is 454 g/mol. The zero-order valence-electron chi connectivity index (χ0n) is 14.7. The minimum Gasteiger partial charge on any atom is -0.490 e. The zero-order valence-corrected chi connectivity index (χ0v) is 16.4. The Morgan fingerprint density at radius 1 is 1.03 bits per heavy atom. The van der Waals surface area contributed by atoms with Crippen LogP contribution in [0.15, 0.2) is 54.6 Å². The Labute approximate surface area is 165 Å². The third kappa shape index (κ3) is 7.13. The third-order valence-corrected chi connectivity index (χ3v) is 7.42. The Morgan fingerprint density at radius 2 is 1.66 bits per heavy atom. The summed E-state index contributed by atoms with van der Waals surface area (Å²) in [5.74, 6) is -0.263. The van der Waals surface area contributed by atoms with E-state index in [1.54, 1.807) is 30.3 Å². The molecule has 0 aliphatic rings. The number of hydrogen-bond acceptors (Lipinski definition) is 4. The van der Waals surface area contributed by atoms with Gasteiger partial charge in [0.25, 0.3) is 10.1 Å². The molecule has 0 saturated carbocycles. The second-order valence-electron chi connectivity index (χ2n) is 6.25. The molecule has 2 rings (SSSR count). The van der Waals surface area contributed by atoms with Crippen molar-refractivity contribution in [3.8, 4) is 5.75 Å². The van der Waals surface area contributed by atoms with Crippen LogP contribution in [0.2, 0.25) is 0 Å². The van der Waals surface area contributed by atoms with Crippen molar-refractivity contribution in [3.63, 3.8) is 0 Å². The topological polar surface area (TPSA) is 121 Å². The van der Waals surface area contributed by atoms with Crippen LogP contribution in [0.5, 0.6) is 5.75 Å². The quantitative estimate of drug-likeness (QED) is 0.413. The first-order valence-electron chi connectivity index (χ1n) is 8.16. The summed E-state index contributed by atoms with van der Waals surface area (Å²) in [6, 6.07) is 12.1. The fourth-order valence-corrected chi connectivity index (χ4v) is 5.00. The maximum absolute atomic E-state index is 12.9. The molecule has 2 aromatic carbocycles. The van der Waals surface area contributed by atoms with Crippen molar-refractivity contribution in [2.75, 3.05) is 0 Å². The van der Waals surface area contributed by atoms with E-state index in [4.69, 9.17) is 4.74 Å². The molecule has 0 saturated heterocycles. The summed E-state index contributed by atoms with van der Waals surface area (Å²) in [5.41, 5.74) is -0.418. The molecule has 0 fully saturated rings. The van der Waals surface area contributed by atoms with Crippen molar-refractivity contribution in [1.82, 2.24) is 0 Å². The van der Waals surface area contributed by atoms with Crippen LogP contribution in [0, 0.1) is 0 Å². The van der Waals surface area contributed by atoms with E-state index in [1.165, 1.54) is 6.07 Å². The fraction of sp³-hybridized carbons (Fsp3) is 0.294. The molecule has 0 aromatic heterocycles. The first kappa shape index (κ1) is 23.4. The van der Waals surface area contributed by atoms with E-state index in [2.05, 4.69) is 0 Å². The van der Waals surface area contributed by atoms with E-state index < -0.39 is 47.0 Å². The third-order valence-electron chi connectivity index (χ3n) is 3.95. The Morgan fingerprint density at radius 3 is 2.17 bits per heavy atom. The van der Waals surface area contributed by atoms with E-state index >= 15 is 0 Å². The highest BCUT2D eigenvalue weighted by Crippen LogP contribution is 2.46. The molecule has 7 nitrogen and oxygen atoms in total. The van der Waals surface area contributed by atoms with Gasteiger partial charge in [-0.2, -0.15) is 21.6 Å². The van der Waals surface area contributed by atoms with Crippen LogP contribution in [0.25, 0.3) is 0 Å². The standard InChI is InChI=1S/C17H18F3O7PS/c18-17(19,20)13-7-4-8-14(10-13)27-15(9-12-5-2-1-3-6-12)11-16(28(21,22)23)29(24,25)26/h1-8,10,15-16H,9,11H2,(H2,21,22,23)(H,24,25,26). The lowest BCUT2D eigenvalue weighted by Gasteiger charge is -2.24. The predicted molar refractivity (Wildman–Crippen MR) is 98.0 cm³/mol. The van der Waals surface area contributed by atoms with Crippen molar-refractivity contribution in [1.29, 1.82) is 0 Å². The monoisotopic (exact) mass is 454 g/mol. The minimum atomic E-state index is -5.29. The Balaban J connectivity index is 2.36. The Bertz CT molecular complexity index is 974. The van der Waals surface area contributed by atoms with Gasteiger partial charge in [0.1, 0.15) is 11.9 Å². The van der Waals surface area contributed by atoms with Crippen molar-refractivity contribution in [3.05, 3.63) is 65.7 Å². The lowest BCUT2D eigenvalue weighted by atomic mass is 10.1. The summed E-state index contributed by atoms with van der Waals surface area (Å²) in [6.45, 7) is 0. The molecule has 160 valence electrons. The smallest absolute Gasteiger partial charge is 0.416 e. The van der Waals surface area contributed by atoms with E-state index in [1.807, 2.05) is 0 Å². The second kappa shape index (κ2) is 8.85. The number of benzene rings is 2. The zero-order chi connectivity index (χ0) is 21.9. The van der Waals surface area contributed by atoms with Gasteiger partial charge in [-0.15, -0.1) is 0 Å². The largest absolute Gasteiger partial charge is 0.490 e. The number of rotatable bonds is 8. The predicted octanol–water partition coefficient (Wildman–Crippen LogP) is 3.48. The van der Waals surface area contributed by atoms with Gasteiger partial charge in [0.15, 0.2) is 4.99 Å². The van der Waals surface area contributed by atoms with Gasteiger partial charge in [-0.05, 0) is 23.8 Å². The molecule has 0 aliphatic heterocycles. The average Bonchev–Trinajstić information content (AvgIpc) is 2.58. The van der Waals surface area contributed by atoms with Gasteiger partial charge in [-0.1, -0.05) is 36.4 Å². The summed E-state index contributed by atoms with van der Waals surface area (Å²) in [6.07, 6.45) is -6.80. The maximum atomic E-state index is 12.9. The molecule has 2 atom stereocenters. The lowest BCUT2D eigenvalue weighted by Crippen LogP contribution is -2.31. The maximum Gasteiger partial charge on any atom is 0.416 e. The van der Waals surface area contributed by atoms with E-state index in [0.29, 0.717) is 11.6 Å². The van der Waals surface area contributed by atoms with Gasteiger partial charge in [0.05, 0.1) is 5.56 Å². The summed E-state index contributed by atoms with van der Waals surface area (Å²) < 4.78 is 87.9. The molecular weight excluding hydrogens is 436 g/mol. The molecule has 2 aromatic rings. The van der Waals surface area contributed by atoms with Crippen molar-refractivity contribution >= 4 is 17.7 Å². The summed E-state index contributed by atoms with van der Waals surface area (Å²) >= 11 is 0. The van der Waals surface area contributed by atoms with Gasteiger partial charge in [0, 0.05) is 12.8 Å². The van der Waals surface area contributed by atoms with Gasteiger partial charge in [-0.25, -0.2) is 0 Å². The molecule has 12 heteroatoms. The van der Waals surface area contributed by atoms with Gasteiger partial charge in [-0.3, -0.25) is 9.12 Å². The van der Waals surface area contributed by atoms with Crippen molar-refractivity contribution in [2.45, 2.75) is 30.1 Å². The van der Waals surface area contributed by atoms with Crippen LogP contribution >= 0.6 is 7.60 Å². The highest BCUT2D eigenvalue weighted by molar-refractivity contribution is 7.93. The SMILES string of the molecule is O=P(O)(O)C(CC(Cc1ccccc1)Oc1cccc(C(F)(F)F)c1)S(=O)(=O)O. The van der Waals surface area contributed by atoms with E-state index in [9.17, 15) is 40.5 Å². The van der Waals surface area contributed by atoms with Gasteiger partial charge < -0.3 is 14.5 Å². The number of hydrogen-bond donors (Lipinski definition) is 3. The first-order valence-corrected chi connectivity index (χ1v) is 11.3. The second-order valence-corrected chi connectivity index (χ2v) is 10.00. The molecule has 0 bridgehead atoms. The van der Waals surface area contributed by atoms with Crippen LogP contribution in [0.3, 0.4) is 0 Å². The van der Waals surface area contributed by atoms with Crippen LogP contribution < -0.4 is 4.74 Å². The molecular formula is C17H18F3O7PS. The van der Waals surface area contributed by atoms with E-state index in [0.717, 1.165) is 12.1 Å². The highest BCUT2D eigenvalue weighted by atomic mass is 32.2. The Kier molecular flexibility index (Phi) is 7.13. The highest BCUT2D eigenvalue weighted by Gasteiger charge is 2.42. The van der Waals surface area contributed by atoms with Crippen molar-refractivity contribution in [2.24, 2.45) is 0 Å². The molecule has 0 spiro atoms. The first-order chi connectivity index (χ1) is 13.3. The van der Waals surface area contributed by atoms with Crippen LogP contribution in [0.1, 0.15) is 17.5 Å². The van der Waals surface area contributed by atoms with Crippen molar-refractivity contribution < 1.29 is 45.2 Å². The molecule has 0 radical (unpaired) electrons. The summed E-state index contributed by atoms with van der Waals surface area (Å²) in [5, 5.41) is 0. The molecule has 3 N–H and O–H groups in total. The fourth-order valence-electron chi connectivity index (χ4n) is 2.65. The number of alkyl halides is 3. The van der Waals surface area contributed by atoms with Gasteiger partial charge >= 0.3 is 13.8 Å². The van der Waals surface area contributed by atoms with Crippen LogP contribution in [0.4, 0.5) is 13.2 Å². The van der Waals surface area contributed by atoms with Gasteiger partial charge in [0.2, 0.25) is 0 Å². The summed E-state index contributed by atoms with van der Waals surface area (Å²) in [4.78, 5) is 16.1. The molecule has 0 heterocycles. The van der Waals surface area contributed by atoms with Crippen LogP contribution in [-0.2, 0) is 27.3 Å². The normalized spacial score (nSPS) is 15.0. The Hall–Kier alpha value is -1.91. The molecule has 0 aliphatic carbocycles. The number of ether oxygens (including phenoxy) is 1. The lowest BCUT2D eigenvalue weighted by molar-refractivity contribution is -0.137. The van der Waals surface area contributed by atoms with Crippen LogP contribution in [-0.4, -0.2) is 33.9 Å². The van der Waals surface area contributed by atoms with E-state index in [-0.39, 0.29) is 12.2 Å². The molecule has 29 heavy (non-hydrogen) atoms. The minimum absolute atomic E-state index is 0.0664. The molecule has 2 unspecified atom stereocenters. The number of halogens is 3. The summed E-state index contributed by atoms with van der Waals surface area (Å²) in [7, 11) is -10.5.